The van der Waals surface area contributed by atoms with E-state index in [4.69, 9.17) is 4.98 Å². The molecule has 7 nitrogen and oxygen atoms in total. The molecule has 2 aromatic heterocycles. The van der Waals surface area contributed by atoms with Crippen molar-refractivity contribution in [3.05, 3.63) is 47.7 Å². The number of fused-ring (bicyclic) bond motifs is 1. The highest BCUT2D eigenvalue weighted by atomic mass is 16.2. The number of nitrogens with one attached hydrogen (secondary N) is 1. The lowest BCUT2D eigenvalue weighted by molar-refractivity contribution is -0.119. The van der Waals surface area contributed by atoms with Gasteiger partial charge in [-0.3, -0.25) is 14.3 Å². The molecule has 30 heavy (non-hydrogen) atoms. The van der Waals surface area contributed by atoms with Gasteiger partial charge in [-0.25, -0.2) is 4.98 Å². The van der Waals surface area contributed by atoms with Crippen LogP contribution in [0.25, 0.3) is 22.3 Å². The summed E-state index contributed by atoms with van der Waals surface area (Å²) in [5, 5.41) is 8.22. The largest absolute Gasteiger partial charge is 0.356 e. The maximum Gasteiger partial charge on any atom is 0.254 e. The van der Waals surface area contributed by atoms with E-state index in [-0.39, 0.29) is 11.8 Å². The quantitative estimate of drug-likeness (QED) is 0.724. The number of carbonyl (C=O) groups excluding carboxylic acids is 2. The molecule has 1 N–H and O–H groups in total. The monoisotopic (exact) mass is 405 g/mol. The van der Waals surface area contributed by atoms with Crippen LogP contribution in [0.2, 0.25) is 0 Å². The standard InChI is InChI=1S/C23H27N5O2/c1-15-21-19(23(30)28-11-9-17(10-12-28)14-24-16(2)29)13-20(18-7-5-4-6-8-18)25-22(21)27(3)26-15/h4-8,13,17H,9-12,14H2,1-3H3,(H,24,29). The summed E-state index contributed by atoms with van der Waals surface area (Å²) in [6.07, 6.45) is 1.77. The van der Waals surface area contributed by atoms with E-state index >= 15 is 0 Å². The summed E-state index contributed by atoms with van der Waals surface area (Å²) in [7, 11) is 1.86. The van der Waals surface area contributed by atoms with Gasteiger partial charge in [0.2, 0.25) is 5.91 Å². The topological polar surface area (TPSA) is 80.1 Å². The van der Waals surface area contributed by atoms with Crippen molar-refractivity contribution in [1.82, 2.24) is 25.0 Å². The molecular formula is C23H27N5O2. The van der Waals surface area contributed by atoms with E-state index in [1.54, 1.807) is 4.68 Å². The van der Waals surface area contributed by atoms with E-state index in [9.17, 15) is 9.59 Å². The molecule has 156 valence electrons. The molecule has 3 heterocycles. The zero-order chi connectivity index (χ0) is 21.3. The first-order valence-corrected chi connectivity index (χ1v) is 10.4. The summed E-state index contributed by atoms with van der Waals surface area (Å²) in [6, 6.07) is 11.8. The number of pyridine rings is 1. The maximum atomic E-state index is 13.5. The van der Waals surface area contributed by atoms with E-state index in [1.807, 2.05) is 55.3 Å². The highest BCUT2D eigenvalue weighted by Gasteiger charge is 2.27. The molecule has 1 fully saturated rings. The van der Waals surface area contributed by atoms with Crippen molar-refractivity contribution in [3.8, 4) is 11.3 Å². The molecule has 4 rings (SSSR count). The van der Waals surface area contributed by atoms with Crippen molar-refractivity contribution >= 4 is 22.8 Å². The van der Waals surface area contributed by atoms with Gasteiger partial charge in [-0.05, 0) is 31.7 Å². The normalized spacial score (nSPS) is 14.8. The number of aryl methyl sites for hydroxylation is 2. The lowest BCUT2D eigenvalue weighted by atomic mass is 9.95. The van der Waals surface area contributed by atoms with Crippen molar-refractivity contribution in [2.45, 2.75) is 26.7 Å². The summed E-state index contributed by atoms with van der Waals surface area (Å²) in [5.74, 6) is 0.428. The summed E-state index contributed by atoms with van der Waals surface area (Å²) in [5.41, 5.74) is 3.93. The molecule has 3 aromatic rings. The van der Waals surface area contributed by atoms with Crippen LogP contribution in [0.15, 0.2) is 36.4 Å². The molecular weight excluding hydrogens is 378 g/mol. The summed E-state index contributed by atoms with van der Waals surface area (Å²) < 4.78 is 1.74. The number of rotatable bonds is 4. The van der Waals surface area contributed by atoms with Gasteiger partial charge in [0, 0.05) is 39.2 Å². The first-order valence-electron chi connectivity index (χ1n) is 10.4. The molecule has 0 aliphatic carbocycles. The predicted octanol–water partition coefficient (Wildman–Crippen LogP) is 2.93. The Morgan fingerprint density at radius 2 is 1.87 bits per heavy atom. The number of amides is 2. The fraction of sp³-hybridized carbons (Fsp3) is 0.391. The van der Waals surface area contributed by atoms with Crippen LogP contribution in [-0.4, -0.2) is 51.1 Å². The fourth-order valence-corrected chi connectivity index (χ4v) is 4.17. The molecule has 0 unspecified atom stereocenters. The van der Waals surface area contributed by atoms with E-state index in [2.05, 4.69) is 10.4 Å². The van der Waals surface area contributed by atoms with Gasteiger partial charge in [0.05, 0.1) is 22.3 Å². The highest BCUT2D eigenvalue weighted by Crippen LogP contribution is 2.29. The highest BCUT2D eigenvalue weighted by molar-refractivity contribution is 6.07. The lowest BCUT2D eigenvalue weighted by Crippen LogP contribution is -2.41. The molecule has 1 saturated heterocycles. The summed E-state index contributed by atoms with van der Waals surface area (Å²) >= 11 is 0. The van der Waals surface area contributed by atoms with Crippen molar-refractivity contribution < 1.29 is 9.59 Å². The van der Waals surface area contributed by atoms with Gasteiger partial charge in [-0.1, -0.05) is 30.3 Å². The van der Waals surface area contributed by atoms with Crippen LogP contribution in [0.4, 0.5) is 0 Å². The number of aromatic nitrogens is 3. The average Bonchev–Trinajstić information content (AvgIpc) is 3.05. The number of hydrogen-bond donors (Lipinski definition) is 1. The third-order valence-corrected chi connectivity index (χ3v) is 5.81. The van der Waals surface area contributed by atoms with Crippen molar-refractivity contribution in [1.29, 1.82) is 0 Å². The zero-order valence-corrected chi connectivity index (χ0v) is 17.7. The minimum atomic E-state index is -0.00632. The molecule has 0 atom stereocenters. The lowest BCUT2D eigenvalue weighted by Gasteiger charge is -2.32. The van der Waals surface area contributed by atoms with Gasteiger partial charge in [0.15, 0.2) is 5.65 Å². The Bertz CT molecular complexity index is 1080. The number of piperidine rings is 1. The van der Waals surface area contributed by atoms with Crippen molar-refractivity contribution in [3.63, 3.8) is 0 Å². The number of benzene rings is 1. The second kappa shape index (κ2) is 8.26. The molecule has 2 amide bonds. The average molecular weight is 406 g/mol. The van der Waals surface area contributed by atoms with Crippen LogP contribution in [0, 0.1) is 12.8 Å². The van der Waals surface area contributed by atoms with Gasteiger partial charge in [0.1, 0.15) is 0 Å². The molecule has 7 heteroatoms. The Morgan fingerprint density at radius 3 is 2.53 bits per heavy atom. The Morgan fingerprint density at radius 1 is 1.17 bits per heavy atom. The van der Waals surface area contributed by atoms with Crippen LogP contribution in [0.3, 0.4) is 0 Å². The second-order valence-corrected chi connectivity index (χ2v) is 8.00. The van der Waals surface area contributed by atoms with E-state index < -0.39 is 0 Å². The molecule has 0 spiro atoms. The first-order chi connectivity index (χ1) is 14.4. The van der Waals surface area contributed by atoms with Crippen LogP contribution in [0.5, 0.6) is 0 Å². The zero-order valence-electron chi connectivity index (χ0n) is 17.7. The number of carbonyl (C=O) groups is 2. The second-order valence-electron chi connectivity index (χ2n) is 8.00. The van der Waals surface area contributed by atoms with Crippen LogP contribution in [-0.2, 0) is 11.8 Å². The van der Waals surface area contributed by atoms with Crippen molar-refractivity contribution in [2.75, 3.05) is 19.6 Å². The number of hydrogen-bond acceptors (Lipinski definition) is 4. The smallest absolute Gasteiger partial charge is 0.254 e. The first kappa shape index (κ1) is 20.1. The van der Waals surface area contributed by atoms with Gasteiger partial charge in [-0.2, -0.15) is 5.10 Å². The SMILES string of the molecule is CC(=O)NCC1CCN(C(=O)c2cc(-c3ccccc3)nc3c2c(C)nn3C)CC1. The van der Waals surface area contributed by atoms with Crippen molar-refractivity contribution in [2.24, 2.45) is 13.0 Å². The van der Waals surface area contributed by atoms with Crippen LogP contribution < -0.4 is 5.32 Å². The minimum absolute atomic E-state index is 0.00632. The minimum Gasteiger partial charge on any atom is -0.356 e. The molecule has 1 aliphatic rings. The van der Waals surface area contributed by atoms with Gasteiger partial charge in [0.25, 0.3) is 5.91 Å². The van der Waals surface area contributed by atoms with Gasteiger partial charge >= 0.3 is 0 Å². The molecule has 0 radical (unpaired) electrons. The summed E-state index contributed by atoms with van der Waals surface area (Å²) in [6.45, 7) is 5.51. The maximum absolute atomic E-state index is 13.5. The Kier molecular flexibility index (Phi) is 5.53. The van der Waals surface area contributed by atoms with E-state index in [1.165, 1.54) is 6.92 Å². The van der Waals surface area contributed by atoms with E-state index in [0.717, 1.165) is 40.8 Å². The number of nitrogens with zero attached hydrogens (tertiary/aromatic N) is 4. The van der Waals surface area contributed by atoms with Gasteiger partial charge < -0.3 is 10.2 Å². The number of likely N-dealkylation sites (tertiary alicyclic amines) is 1. The Hall–Kier alpha value is -3.22. The summed E-state index contributed by atoms with van der Waals surface area (Å²) in [4.78, 5) is 31.4. The third kappa shape index (κ3) is 3.92. The Labute approximate surface area is 176 Å². The molecule has 1 aromatic carbocycles. The van der Waals surface area contributed by atoms with Gasteiger partial charge in [-0.15, -0.1) is 0 Å². The molecule has 0 bridgehead atoms. The van der Waals surface area contributed by atoms with Crippen LogP contribution >= 0.6 is 0 Å². The Balaban J connectivity index is 1.65. The predicted molar refractivity (Wildman–Crippen MR) is 116 cm³/mol. The fourth-order valence-electron chi connectivity index (χ4n) is 4.17. The van der Waals surface area contributed by atoms with E-state index in [0.29, 0.717) is 31.1 Å². The molecule has 0 saturated carbocycles. The third-order valence-electron chi connectivity index (χ3n) is 5.81. The molecule has 1 aliphatic heterocycles. The van der Waals surface area contributed by atoms with Crippen LogP contribution in [0.1, 0.15) is 35.8 Å².